The number of hydrogen-bond acceptors (Lipinski definition) is 3. The first-order valence-electron chi connectivity index (χ1n) is 9.46. The Hall–Kier alpha value is -2.43. The van der Waals surface area contributed by atoms with Crippen LogP contribution in [0.4, 0.5) is 0 Å². The molecule has 3 aromatic rings. The molecule has 0 saturated heterocycles. The molecule has 2 aromatic carbocycles. The number of aliphatic hydroxyl groups excluding tert-OH is 1. The first-order valence-corrected chi connectivity index (χ1v) is 9.84. The fraction of sp³-hybridized carbons (Fsp3) is 0.304. The third-order valence-electron chi connectivity index (χ3n) is 5.63. The molecule has 0 spiro atoms. The Morgan fingerprint density at radius 3 is 2.68 bits per heavy atom. The van der Waals surface area contributed by atoms with Crippen LogP contribution in [0.15, 0.2) is 54.7 Å². The minimum Gasteiger partial charge on any atom is -0.493 e. The number of halogens is 1. The average Bonchev–Trinajstić information content (AvgIpc) is 3.15. The van der Waals surface area contributed by atoms with Crippen LogP contribution in [-0.2, 0) is 0 Å². The summed E-state index contributed by atoms with van der Waals surface area (Å²) in [5, 5.41) is 10.4. The number of hydrogen-bond donors (Lipinski definition) is 1. The van der Waals surface area contributed by atoms with Crippen molar-refractivity contribution in [3.05, 3.63) is 76.6 Å². The van der Waals surface area contributed by atoms with E-state index in [1.165, 1.54) is 5.69 Å². The Balaban J connectivity index is 1.95. The van der Waals surface area contributed by atoms with E-state index in [0.29, 0.717) is 17.2 Å². The van der Waals surface area contributed by atoms with E-state index in [9.17, 15) is 5.11 Å². The van der Waals surface area contributed by atoms with Crippen LogP contribution in [0, 0.1) is 0 Å². The zero-order valence-corrected chi connectivity index (χ0v) is 16.8. The van der Waals surface area contributed by atoms with E-state index in [1.807, 2.05) is 24.3 Å². The highest BCUT2D eigenvalue weighted by molar-refractivity contribution is 6.30. The molecule has 1 aliphatic rings. The van der Waals surface area contributed by atoms with Gasteiger partial charge in [0, 0.05) is 46.6 Å². The Labute approximate surface area is 170 Å². The number of aromatic nitrogens is 1. The first-order chi connectivity index (χ1) is 13.7. The lowest BCUT2D eigenvalue weighted by Gasteiger charge is -2.24. The van der Waals surface area contributed by atoms with Crippen LogP contribution < -0.4 is 9.47 Å². The van der Waals surface area contributed by atoms with Crippen molar-refractivity contribution in [1.82, 2.24) is 4.57 Å². The van der Waals surface area contributed by atoms with Crippen molar-refractivity contribution in [2.24, 2.45) is 0 Å². The molecule has 5 heteroatoms. The first kappa shape index (κ1) is 18.9. The number of ether oxygens (including phenoxy) is 2. The summed E-state index contributed by atoms with van der Waals surface area (Å²) >= 11 is 6.41. The second-order valence-corrected chi connectivity index (χ2v) is 7.52. The summed E-state index contributed by atoms with van der Waals surface area (Å²) in [6.07, 6.45) is 3.63. The SMILES string of the molecule is COc1cccc([C@H]2C[C@H](CCO)c3cccn3-c3ccc(Cl)cc32)c1OC. The topological polar surface area (TPSA) is 43.6 Å². The summed E-state index contributed by atoms with van der Waals surface area (Å²) in [6.45, 7) is 0.148. The Morgan fingerprint density at radius 2 is 1.93 bits per heavy atom. The van der Waals surface area contributed by atoms with Crippen LogP contribution in [-0.4, -0.2) is 30.5 Å². The van der Waals surface area contributed by atoms with Gasteiger partial charge in [0.2, 0.25) is 0 Å². The van der Waals surface area contributed by atoms with Crippen molar-refractivity contribution in [3.8, 4) is 17.2 Å². The molecule has 0 fully saturated rings. The molecule has 1 aliphatic heterocycles. The molecule has 0 unspecified atom stereocenters. The van der Waals surface area contributed by atoms with Gasteiger partial charge in [-0.05, 0) is 54.8 Å². The van der Waals surface area contributed by atoms with E-state index in [2.05, 4.69) is 35.0 Å². The van der Waals surface area contributed by atoms with Gasteiger partial charge >= 0.3 is 0 Å². The average molecular weight is 398 g/mol. The number of methoxy groups -OCH3 is 2. The van der Waals surface area contributed by atoms with Crippen LogP contribution >= 0.6 is 11.6 Å². The molecule has 146 valence electrons. The number of rotatable bonds is 5. The normalized spacial score (nSPS) is 18.1. The largest absolute Gasteiger partial charge is 0.493 e. The quantitative estimate of drug-likeness (QED) is 0.647. The summed E-state index contributed by atoms with van der Waals surface area (Å²) in [6, 6.07) is 16.2. The van der Waals surface area contributed by atoms with E-state index in [-0.39, 0.29) is 18.4 Å². The molecule has 2 atom stereocenters. The highest BCUT2D eigenvalue weighted by atomic mass is 35.5. The minimum absolute atomic E-state index is 0.0650. The fourth-order valence-corrected chi connectivity index (χ4v) is 4.59. The van der Waals surface area contributed by atoms with Gasteiger partial charge in [0.05, 0.1) is 14.2 Å². The van der Waals surface area contributed by atoms with Crippen LogP contribution in [0.1, 0.15) is 41.5 Å². The number of benzene rings is 2. The number of nitrogens with zero attached hydrogens (tertiary/aromatic N) is 1. The molecule has 0 bridgehead atoms. The summed E-state index contributed by atoms with van der Waals surface area (Å²) in [5.41, 5.74) is 4.54. The van der Waals surface area contributed by atoms with E-state index >= 15 is 0 Å². The third-order valence-corrected chi connectivity index (χ3v) is 5.86. The lowest BCUT2D eigenvalue weighted by atomic mass is 9.81. The summed E-state index contributed by atoms with van der Waals surface area (Å²) in [7, 11) is 3.32. The molecular formula is C23H24ClNO3. The lowest BCUT2D eigenvalue weighted by molar-refractivity contribution is 0.270. The molecule has 0 saturated carbocycles. The number of aliphatic hydroxyl groups is 1. The molecule has 4 nitrogen and oxygen atoms in total. The van der Waals surface area contributed by atoms with Crippen molar-refractivity contribution >= 4 is 11.6 Å². The smallest absolute Gasteiger partial charge is 0.164 e. The van der Waals surface area contributed by atoms with Crippen LogP contribution in [0.3, 0.4) is 0 Å². The van der Waals surface area contributed by atoms with Gasteiger partial charge in [0.1, 0.15) is 0 Å². The van der Waals surface area contributed by atoms with Crippen LogP contribution in [0.2, 0.25) is 5.02 Å². The van der Waals surface area contributed by atoms with Gasteiger partial charge in [-0.3, -0.25) is 0 Å². The molecule has 0 radical (unpaired) electrons. The molecule has 0 aliphatic carbocycles. The number of fused-ring (bicyclic) bond motifs is 3. The van der Waals surface area contributed by atoms with Gasteiger partial charge in [0.15, 0.2) is 11.5 Å². The zero-order valence-electron chi connectivity index (χ0n) is 16.1. The molecular weight excluding hydrogens is 374 g/mol. The van der Waals surface area contributed by atoms with Crippen molar-refractivity contribution < 1.29 is 14.6 Å². The highest BCUT2D eigenvalue weighted by Crippen LogP contribution is 2.47. The molecule has 1 aromatic heterocycles. The predicted molar refractivity (Wildman–Crippen MR) is 111 cm³/mol. The fourth-order valence-electron chi connectivity index (χ4n) is 4.40. The Kier molecular flexibility index (Phi) is 5.33. The molecule has 2 heterocycles. The van der Waals surface area contributed by atoms with Crippen LogP contribution in [0.5, 0.6) is 11.5 Å². The van der Waals surface area contributed by atoms with E-state index < -0.39 is 0 Å². The Morgan fingerprint density at radius 1 is 1.07 bits per heavy atom. The molecule has 0 amide bonds. The van der Waals surface area contributed by atoms with Gasteiger partial charge in [-0.25, -0.2) is 0 Å². The van der Waals surface area contributed by atoms with Gasteiger partial charge in [-0.2, -0.15) is 0 Å². The monoisotopic (exact) mass is 397 g/mol. The zero-order chi connectivity index (χ0) is 19.7. The van der Waals surface area contributed by atoms with Gasteiger partial charge in [-0.15, -0.1) is 0 Å². The van der Waals surface area contributed by atoms with Gasteiger partial charge < -0.3 is 19.1 Å². The maximum atomic E-state index is 9.70. The van der Waals surface area contributed by atoms with Crippen molar-refractivity contribution in [1.29, 1.82) is 0 Å². The second-order valence-electron chi connectivity index (χ2n) is 7.09. The maximum absolute atomic E-state index is 9.70. The standard InChI is InChI=1S/C23H24ClNO3/c1-27-22-7-3-5-17(23(22)28-2)18-13-15(10-12-26)20-6-4-11-25(20)21-9-8-16(24)14-19(18)21/h3-9,11,14-15,18,26H,10,12-13H2,1-2H3/t15-,18+/m0/s1. The van der Waals surface area contributed by atoms with E-state index in [0.717, 1.165) is 29.0 Å². The summed E-state index contributed by atoms with van der Waals surface area (Å²) in [4.78, 5) is 0. The third kappa shape index (κ3) is 3.17. The van der Waals surface area contributed by atoms with Crippen molar-refractivity contribution in [2.75, 3.05) is 20.8 Å². The Bertz CT molecular complexity index is 982. The minimum atomic E-state index is 0.0650. The molecule has 1 N–H and O–H groups in total. The van der Waals surface area contributed by atoms with Crippen LogP contribution in [0.25, 0.3) is 5.69 Å². The maximum Gasteiger partial charge on any atom is 0.164 e. The molecule has 28 heavy (non-hydrogen) atoms. The van der Waals surface area contributed by atoms with Crippen molar-refractivity contribution in [3.63, 3.8) is 0 Å². The van der Waals surface area contributed by atoms with Gasteiger partial charge in [-0.1, -0.05) is 23.7 Å². The number of para-hydroxylation sites is 1. The highest BCUT2D eigenvalue weighted by Gasteiger charge is 2.31. The van der Waals surface area contributed by atoms with Crippen molar-refractivity contribution in [2.45, 2.75) is 24.7 Å². The lowest BCUT2D eigenvalue weighted by Crippen LogP contribution is -2.09. The van der Waals surface area contributed by atoms with E-state index in [4.69, 9.17) is 21.1 Å². The molecule has 4 rings (SSSR count). The van der Waals surface area contributed by atoms with Gasteiger partial charge in [0.25, 0.3) is 0 Å². The summed E-state index contributed by atoms with van der Waals surface area (Å²) < 4.78 is 13.5. The van der Waals surface area contributed by atoms with E-state index in [1.54, 1.807) is 14.2 Å². The summed E-state index contributed by atoms with van der Waals surface area (Å²) in [5.74, 6) is 1.74. The predicted octanol–water partition coefficient (Wildman–Crippen LogP) is 5.15. The second kappa shape index (κ2) is 7.90.